The number of nitrogens with one attached hydrogen (secondary N) is 1. The van der Waals surface area contributed by atoms with Gasteiger partial charge in [0.1, 0.15) is 5.75 Å². The first-order valence-corrected chi connectivity index (χ1v) is 7.81. The van der Waals surface area contributed by atoms with Gasteiger partial charge in [0.05, 0.1) is 18.8 Å². The lowest BCUT2D eigenvalue weighted by Gasteiger charge is -2.09. The van der Waals surface area contributed by atoms with Crippen molar-refractivity contribution in [1.82, 2.24) is 5.32 Å². The maximum absolute atomic E-state index is 12.0. The van der Waals surface area contributed by atoms with Crippen LogP contribution < -0.4 is 15.8 Å². The minimum Gasteiger partial charge on any atom is -0.492 e. The molecule has 106 valence electrons. The molecule has 0 aliphatic carbocycles. The average Bonchev–Trinajstić information content (AvgIpc) is 2.84. The fourth-order valence-corrected chi connectivity index (χ4v) is 3.08. The van der Waals surface area contributed by atoms with Crippen LogP contribution in [0.1, 0.15) is 22.2 Å². The Hall–Kier alpha value is -1.53. The Labute approximate surface area is 130 Å². The SMILES string of the molecule is CCOc1ccc(C(=O)NCc2cc(Br)cs2)cc1N. The molecule has 2 rings (SSSR count). The molecule has 2 aromatic rings. The topological polar surface area (TPSA) is 64.3 Å². The summed E-state index contributed by atoms with van der Waals surface area (Å²) in [5.74, 6) is 0.454. The molecule has 0 bridgehead atoms. The molecule has 1 amide bonds. The lowest BCUT2D eigenvalue weighted by atomic mass is 10.1. The largest absolute Gasteiger partial charge is 0.492 e. The van der Waals surface area contributed by atoms with E-state index < -0.39 is 0 Å². The first kappa shape index (κ1) is 14.9. The molecule has 0 spiro atoms. The normalized spacial score (nSPS) is 10.3. The quantitative estimate of drug-likeness (QED) is 0.808. The molecule has 1 heterocycles. The van der Waals surface area contributed by atoms with Crippen LogP contribution >= 0.6 is 27.3 Å². The highest BCUT2D eigenvalue weighted by atomic mass is 79.9. The number of halogens is 1. The number of benzene rings is 1. The minimum absolute atomic E-state index is 0.149. The van der Waals surface area contributed by atoms with Crippen molar-refractivity contribution in [2.45, 2.75) is 13.5 Å². The van der Waals surface area contributed by atoms with E-state index in [1.807, 2.05) is 18.4 Å². The molecule has 0 saturated carbocycles. The molecule has 0 atom stereocenters. The number of rotatable bonds is 5. The van der Waals surface area contributed by atoms with Crippen molar-refractivity contribution in [2.24, 2.45) is 0 Å². The third kappa shape index (κ3) is 3.74. The Bertz CT molecular complexity index is 613. The van der Waals surface area contributed by atoms with Gasteiger partial charge in [-0.25, -0.2) is 0 Å². The van der Waals surface area contributed by atoms with Gasteiger partial charge in [0.25, 0.3) is 5.91 Å². The Morgan fingerprint density at radius 2 is 2.25 bits per heavy atom. The smallest absolute Gasteiger partial charge is 0.251 e. The minimum atomic E-state index is -0.149. The number of anilines is 1. The lowest BCUT2D eigenvalue weighted by molar-refractivity contribution is 0.0951. The molecule has 1 aromatic carbocycles. The zero-order valence-electron chi connectivity index (χ0n) is 11.0. The fourth-order valence-electron chi connectivity index (χ4n) is 1.69. The van der Waals surface area contributed by atoms with Crippen molar-refractivity contribution in [1.29, 1.82) is 0 Å². The van der Waals surface area contributed by atoms with Crippen LogP contribution in [0.2, 0.25) is 0 Å². The van der Waals surface area contributed by atoms with E-state index in [-0.39, 0.29) is 5.91 Å². The highest BCUT2D eigenvalue weighted by molar-refractivity contribution is 9.10. The number of nitrogen functional groups attached to an aromatic ring is 1. The highest BCUT2D eigenvalue weighted by Gasteiger charge is 2.09. The Morgan fingerprint density at radius 3 is 2.85 bits per heavy atom. The Balaban J connectivity index is 2.00. The van der Waals surface area contributed by atoms with Crippen LogP contribution in [-0.2, 0) is 6.54 Å². The van der Waals surface area contributed by atoms with Gasteiger partial charge in [-0.15, -0.1) is 11.3 Å². The van der Waals surface area contributed by atoms with E-state index in [0.29, 0.717) is 30.2 Å². The summed E-state index contributed by atoms with van der Waals surface area (Å²) in [7, 11) is 0. The summed E-state index contributed by atoms with van der Waals surface area (Å²) in [6.07, 6.45) is 0. The molecule has 0 radical (unpaired) electrons. The monoisotopic (exact) mass is 354 g/mol. The molecule has 0 fully saturated rings. The molecule has 1 aromatic heterocycles. The predicted octanol–water partition coefficient (Wildman–Crippen LogP) is 3.42. The van der Waals surface area contributed by atoms with Gasteiger partial charge in [-0.2, -0.15) is 0 Å². The summed E-state index contributed by atoms with van der Waals surface area (Å²) in [6.45, 7) is 2.93. The van der Waals surface area contributed by atoms with Crippen molar-refractivity contribution >= 4 is 38.9 Å². The summed E-state index contributed by atoms with van der Waals surface area (Å²) in [6, 6.07) is 7.04. The number of carbonyl (C=O) groups excluding carboxylic acids is 1. The molecule has 0 saturated heterocycles. The Morgan fingerprint density at radius 1 is 1.45 bits per heavy atom. The van der Waals surface area contributed by atoms with Crippen LogP contribution in [0.4, 0.5) is 5.69 Å². The van der Waals surface area contributed by atoms with E-state index in [1.165, 1.54) is 0 Å². The van der Waals surface area contributed by atoms with Crippen LogP contribution in [-0.4, -0.2) is 12.5 Å². The van der Waals surface area contributed by atoms with Crippen LogP contribution in [0.5, 0.6) is 5.75 Å². The van der Waals surface area contributed by atoms with E-state index in [9.17, 15) is 4.79 Å². The second kappa shape index (κ2) is 6.76. The fraction of sp³-hybridized carbons (Fsp3) is 0.214. The molecular weight excluding hydrogens is 340 g/mol. The average molecular weight is 355 g/mol. The third-order valence-electron chi connectivity index (χ3n) is 2.62. The number of hydrogen-bond donors (Lipinski definition) is 2. The second-order valence-electron chi connectivity index (χ2n) is 4.10. The summed E-state index contributed by atoms with van der Waals surface area (Å²) in [5.41, 5.74) is 6.85. The molecule has 4 nitrogen and oxygen atoms in total. The molecule has 0 aliphatic heterocycles. The van der Waals surface area contributed by atoms with E-state index in [1.54, 1.807) is 29.5 Å². The van der Waals surface area contributed by atoms with Crippen LogP contribution in [0, 0.1) is 0 Å². The van der Waals surface area contributed by atoms with Gasteiger partial charge >= 0.3 is 0 Å². The van der Waals surface area contributed by atoms with Gasteiger partial charge < -0.3 is 15.8 Å². The zero-order chi connectivity index (χ0) is 14.5. The van der Waals surface area contributed by atoms with Gasteiger partial charge in [0, 0.05) is 20.3 Å². The first-order valence-electron chi connectivity index (χ1n) is 6.13. The number of amides is 1. The standard InChI is InChI=1S/C14H15BrN2O2S/c1-2-19-13-4-3-9(5-12(13)16)14(18)17-7-11-6-10(15)8-20-11/h3-6,8H,2,7,16H2,1H3,(H,17,18). The van der Waals surface area contributed by atoms with Crippen molar-refractivity contribution in [2.75, 3.05) is 12.3 Å². The van der Waals surface area contributed by atoms with E-state index >= 15 is 0 Å². The van der Waals surface area contributed by atoms with Crippen LogP contribution in [0.15, 0.2) is 34.1 Å². The maximum Gasteiger partial charge on any atom is 0.251 e. The van der Waals surface area contributed by atoms with Gasteiger partial charge in [0.2, 0.25) is 0 Å². The van der Waals surface area contributed by atoms with Crippen LogP contribution in [0.25, 0.3) is 0 Å². The number of thiophene rings is 1. The molecular formula is C14H15BrN2O2S. The van der Waals surface area contributed by atoms with Gasteiger partial charge in [-0.05, 0) is 47.1 Å². The highest BCUT2D eigenvalue weighted by Crippen LogP contribution is 2.23. The van der Waals surface area contributed by atoms with E-state index in [4.69, 9.17) is 10.5 Å². The van der Waals surface area contributed by atoms with Crippen molar-refractivity contribution in [3.05, 3.63) is 44.6 Å². The first-order chi connectivity index (χ1) is 9.60. The lowest BCUT2D eigenvalue weighted by Crippen LogP contribution is -2.22. The molecule has 0 unspecified atom stereocenters. The molecule has 0 aliphatic rings. The molecule has 6 heteroatoms. The zero-order valence-corrected chi connectivity index (χ0v) is 13.4. The summed E-state index contributed by atoms with van der Waals surface area (Å²) < 4.78 is 6.37. The maximum atomic E-state index is 12.0. The third-order valence-corrected chi connectivity index (χ3v) is 4.31. The van der Waals surface area contributed by atoms with Crippen LogP contribution in [0.3, 0.4) is 0 Å². The van der Waals surface area contributed by atoms with Gasteiger partial charge in [-0.1, -0.05) is 0 Å². The number of hydrogen-bond acceptors (Lipinski definition) is 4. The van der Waals surface area contributed by atoms with E-state index in [0.717, 1.165) is 9.35 Å². The summed E-state index contributed by atoms with van der Waals surface area (Å²) in [4.78, 5) is 13.1. The Kier molecular flexibility index (Phi) is 5.03. The van der Waals surface area contributed by atoms with Crippen molar-refractivity contribution in [3.8, 4) is 5.75 Å². The van der Waals surface area contributed by atoms with Crippen molar-refractivity contribution in [3.63, 3.8) is 0 Å². The number of carbonyl (C=O) groups is 1. The summed E-state index contributed by atoms with van der Waals surface area (Å²) >= 11 is 4.98. The predicted molar refractivity (Wildman–Crippen MR) is 85.2 cm³/mol. The molecule has 3 N–H and O–H groups in total. The van der Waals surface area contributed by atoms with E-state index in [2.05, 4.69) is 21.2 Å². The number of nitrogens with two attached hydrogens (primary N) is 1. The summed E-state index contributed by atoms with van der Waals surface area (Å²) in [5, 5.41) is 4.84. The molecule has 20 heavy (non-hydrogen) atoms. The van der Waals surface area contributed by atoms with Gasteiger partial charge in [-0.3, -0.25) is 4.79 Å². The van der Waals surface area contributed by atoms with Gasteiger partial charge in [0.15, 0.2) is 0 Å². The number of ether oxygens (including phenoxy) is 1. The second-order valence-corrected chi connectivity index (χ2v) is 6.01. The van der Waals surface area contributed by atoms with Crippen molar-refractivity contribution < 1.29 is 9.53 Å².